The summed E-state index contributed by atoms with van der Waals surface area (Å²) >= 11 is 6.06. The number of alkyl halides is 1. The summed E-state index contributed by atoms with van der Waals surface area (Å²) in [6.07, 6.45) is 2.63. The van der Waals surface area contributed by atoms with E-state index in [0.29, 0.717) is 30.9 Å². The zero-order valence-corrected chi connectivity index (χ0v) is 13.9. The molecule has 0 saturated carbocycles. The van der Waals surface area contributed by atoms with Gasteiger partial charge >= 0.3 is 0 Å². The SMILES string of the molecule is CC#Cc1c(CCCF)cc2c(NCc3ccco3)nc(Cl)nn12. The van der Waals surface area contributed by atoms with Gasteiger partial charge in [-0.1, -0.05) is 5.92 Å². The number of nitrogens with one attached hydrogen (secondary N) is 1. The lowest BCUT2D eigenvalue weighted by Crippen LogP contribution is -2.06. The van der Waals surface area contributed by atoms with Crippen molar-refractivity contribution in [3.05, 3.63) is 46.8 Å². The summed E-state index contributed by atoms with van der Waals surface area (Å²) in [7, 11) is 0. The van der Waals surface area contributed by atoms with E-state index in [2.05, 4.69) is 27.2 Å². The largest absolute Gasteiger partial charge is 0.467 e. The number of aromatic nitrogens is 3. The monoisotopic (exact) mass is 346 g/mol. The third-order valence-corrected chi connectivity index (χ3v) is 3.68. The highest BCUT2D eigenvalue weighted by atomic mass is 35.5. The summed E-state index contributed by atoms with van der Waals surface area (Å²) in [5.74, 6) is 7.26. The van der Waals surface area contributed by atoms with Gasteiger partial charge in [-0.3, -0.25) is 4.39 Å². The van der Waals surface area contributed by atoms with Crippen LogP contribution in [0.5, 0.6) is 0 Å². The predicted octanol–water partition coefficient (Wildman–Crippen LogP) is 3.86. The van der Waals surface area contributed by atoms with Gasteiger partial charge in [-0.05, 0) is 61.0 Å². The number of nitrogens with zero attached hydrogens (tertiary/aromatic N) is 3. The molecule has 5 nitrogen and oxygen atoms in total. The van der Waals surface area contributed by atoms with Crippen molar-refractivity contribution in [2.75, 3.05) is 12.0 Å². The van der Waals surface area contributed by atoms with Crippen LogP contribution in [0.15, 0.2) is 28.9 Å². The maximum absolute atomic E-state index is 12.6. The van der Waals surface area contributed by atoms with Crippen LogP contribution in [0.25, 0.3) is 5.52 Å². The second-order valence-electron chi connectivity index (χ2n) is 5.15. The van der Waals surface area contributed by atoms with E-state index >= 15 is 0 Å². The molecule has 0 aliphatic heterocycles. The summed E-state index contributed by atoms with van der Waals surface area (Å²) < 4.78 is 19.5. The highest BCUT2D eigenvalue weighted by Crippen LogP contribution is 2.24. The first kappa shape index (κ1) is 16.3. The number of hydrogen-bond donors (Lipinski definition) is 1. The van der Waals surface area contributed by atoms with Crippen molar-refractivity contribution in [3.8, 4) is 11.8 Å². The van der Waals surface area contributed by atoms with E-state index < -0.39 is 0 Å². The van der Waals surface area contributed by atoms with Gasteiger partial charge in [0, 0.05) is 0 Å². The molecule has 0 saturated heterocycles. The van der Waals surface area contributed by atoms with Gasteiger partial charge in [-0.2, -0.15) is 4.98 Å². The Hall–Kier alpha value is -2.52. The smallest absolute Gasteiger partial charge is 0.243 e. The Kier molecular flexibility index (Phi) is 5.02. The summed E-state index contributed by atoms with van der Waals surface area (Å²) in [6, 6.07) is 5.61. The normalized spacial score (nSPS) is 10.6. The van der Waals surface area contributed by atoms with Crippen LogP contribution in [0.3, 0.4) is 0 Å². The second kappa shape index (κ2) is 7.37. The zero-order chi connectivity index (χ0) is 16.9. The van der Waals surface area contributed by atoms with Crippen LogP contribution >= 0.6 is 11.6 Å². The maximum Gasteiger partial charge on any atom is 0.243 e. The molecule has 124 valence electrons. The van der Waals surface area contributed by atoms with Gasteiger partial charge in [-0.25, -0.2) is 4.52 Å². The van der Waals surface area contributed by atoms with Crippen molar-refractivity contribution in [2.45, 2.75) is 26.3 Å². The van der Waals surface area contributed by atoms with E-state index in [9.17, 15) is 4.39 Å². The van der Waals surface area contributed by atoms with Crippen LogP contribution in [-0.4, -0.2) is 21.3 Å². The van der Waals surface area contributed by atoms with E-state index in [1.54, 1.807) is 17.7 Å². The van der Waals surface area contributed by atoms with Crippen molar-refractivity contribution in [3.63, 3.8) is 0 Å². The highest BCUT2D eigenvalue weighted by molar-refractivity contribution is 6.28. The highest BCUT2D eigenvalue weighted by Gasteiger charge is 2.15. The first-order valence-corrected chi connectivity index (χ1v) is 7.94. The van der Waals surface area contributed by atoms with Gasteiger partial charge in [0.25, 0.3) is 0 Å². The van der Waals surface area contributed by atoms with E-state index in [1.165, 1.54) is 0 Å². The molecule has 0 amide bonds. The van der Waals surface area contributed by atoms with Crippen LogP contribution in [0.4, 0.5) is 10.2 Å². The fourth-order valence-corrected chi connectivity index (χ4v) is 2.65. The fraction of sp³-hybridized carbons (Fsp3) is 0.294. The molecule has 0 unspecified atom stereocenters. The van der Waals surface area contributed by atoms with Crippen molar-refractivity contribution in [1.29, 1.82) is 0 Å². The molecule has 3 aromatic heterocycles. The average Bonchev–Trinajstić information content (AvgIpc) is 3.20. The van der Waals surface area contributed by atoms with Crippen molar-refractivity contribution >= 4 is 22.9 Å². The molecular weight excluding hydrogens is 331 g/mol. The topological polar surface area (TPSA) is 55.4 Å². The number of hydrogen-bond acceptors (Lipinski definition) is 4. The van der Waals surface area contributed by atoms with Crippen molar-refractivity contribution in [1.82, 2.24) is 14.6 Å². The van der Waals surface area contributed by atoms with Gasteiger partial charge in [0.1, 0.15) is 17.0 Å². The van der Waals surface area contributed by atoms with E-state index in [4.69, 9.17) is 16.0 Å². The average molecular weight is 347 g/mol. The first-order valence-electron chi connectivity index (χ1n) is 7.56. The van der Waals surface area contributed by atoms with Crippen LogP contribution < -0.4 is 5.32 Å². The Morgan fingerprint density at radius 2 is 2.33 bits per heavy atom. The summed E-state index contributed by atoms with van der Waals surface area (Å²) in [6.45, 7) is 1.84. The van der Waals surface area contributed by atoms with Crippen molar-refractivity contribution < 1.29 is 8.81 Å². The first-order chi connectivity index (χ1) is 11.7. The molecule has 0 radical (unpaired) electrons. The number of rotatable bonds is 6. The molecule has 0 spiro atoms. The molecule has 0 bridgehead atoms. The Balaban J connectivity index is 2.03. The summed E-state index contributed by atoms with van der Waals surface area (Å²) in [4.78, 5) is 4.25. The lowest BCUT2D eigenvalue weighted by atomic mass is 10.1. The van der Waals surface area contributed by atoms with Crippen LogP contribution in [0, 0.1) is 11.8 Å². The van der Waals surface area contributed by atoms with Crippen molar-refractivity contribution in [2.24, 2.45) is 0 Å². The Morgan fingerprint density at radius 1 is 1.46 bits per heavy atom. The van der Waals surface area contributed by atoms with Gasteiger partial charge in [0.2, 0.25) is 5.28 Å². The number of fused-ring (bicyclic) bond motifs is 1. The Labute approximate surface area is 143 Å². The summed E-state index contributed by atoms with van der Waals surface area (Å²) in [5.41, 5.74) is 2.39. The lowest BCUT2D eigenvalue weighted by molar-refractivity contribution is 0.473. The Morgan fingerprint density at radius 3 is 3.04 bits per heavy atom. The van der Waals surface area contributed by atoms with Gasteiger partial charge in [0.15, 0.2) is 5.82 Å². The minimum Gasteiger partial charge on any atom is -0.467 e. The quantitative estimate of drug-likeness (QED) is 0.688. The zero-order valence-electron chi connectivity index (χ0n) is 13.1. The van der Waals surface area contributed by atoms with E-state index in [1.807, 2.05) is 18.2 Å². The third kappa shape index (κ3) is 3.36. The molecule has 7 heteroatoms. The number of aryl methyl sites for hydroxylation is 1. The second-order valence-corrected chi connectivity index (χ2v) is 5.48. The number of halogens is 2. The molecule has 3 heterocycles. The summed E-state index contributed by atoms with van der Waals surface area (Å²) in [5, 5.41) is 7.54. The van der Waals surface area contributed by atoms with Gasteiger partial charge in [-0.15, -0.1) is 5.10 Å². The number of anilines is 1. The van der Waals surface area contributed by atoms with Crippen LogP contribution in [0.1, 0.15) is 30.4 Å². The standard InChI is InChI=1S/C17H16ClFN4O/c1-2-5-14-12(6-3-8-19)10-15-16(21-17(18)22-23(14)15)20-11-13-7-4-9-24-13/h4,7,9-10H,3,6,8,11H2,1H3,(H,20,21,22). The predicted molar refractivity (Wildman–Crippen MR) is 90.9 cm³/mol. The molecule has 0 aliphatic rings. The Bertz CT molecular complexity index is 893. The minimum atomic E-state index is -0.374. The van der Waals surface area contributed by atoms with E-state index in [0.717, 1.165) is 16.8 Å². The third-order valence-electron chi connectivity index (χ3n) is 3.52. The molecule has 0 atom stereocenters. The van der Waals surface area contributed by atoms with Crippen LogP contribution in [0.2, 0.25) is 5.28 Å². The molecular formula is C17H16ClFN4O. The molecule has 1 N–H and O–H groups in total. The molecule has 3 rings (SSSR count). The number of furan rings is 1. The maximum atomic E-state index is 12.6. The lowest BCUT2D eigenvalue weighted by Gasteiger charge is -2.06. The van der Waals surface area contributed by atoms with Crippen LogP contribution in [-0.2, 0) is 13.0 Å². The molecule has 0 aromatic carbocycles. The van der Waals surface area contributed by atoms with E-state index in [-0.39, 0.29) is 12.0 Å². The van der Waals surface area contributed by atoms with Gasteiger partial charge in [0.05, 0.1) is 19.5 Å². The fourth-order valence-electron chi connectivity index (χ4n) is 2.49. The molecule has 24 heavy (non-hydrogen) atoms. The molecule has 3 aromatic rings. The van der Waals surface area contributed by atoms with Gasteiger partial charge < -0.3 is 9.73 Å². The molecule has 0 fully saturated rings. The molecule has 0 aliphatic carbocycles. The minimum absolute atomic E-state index is 0.108.